The molecule has 8 heteroatoms. The van der Waals surface area contributed by atoms with E-state index in [9.17, 15) is 9.59 Å². The number of rotatable bonds is 7. The maximum absolute atomic E-state index is 12.2. The molecule has 1 saturated carbocycles. The van der Waals surface area contributed by atoms with Crippen LogP contribution in [0.4, 0.5) is 0 Å². The molecule has 2 amide bonds. The van der Waals surface area contributed by atoms with Crippen LogP contribution in [0.25, 0.3) is 10.8 Å². The lowest BCUT2D eigenvalue weighted by molar-refractivity contribution is -0.119. The van der Waals surface area contributed by atoms with Gasteiger partial charge < -0.3 is 25.4 Å². The molecule has 0 spiro atoms. The first-order chi connectivity index (χ1) is 16.2. The number of nitrogens with two attached hydrogens (primary N) is 1. The Morgan fingerprint density at radius 1 is 1.29 bits per heavy atom. The fourth-order valence-corrected chi connectivity index (χ4v) is 4.29. The summed E-state index contributed by atoms with van der Waals surface area (Å²) in [6.45, 7) is 4.08. The molecule has 0 bridgehead atoms. The van der Waals surface area contributed by atoms with Crippen LogP contribution in [0.3, 0.4) is 0 Å². The Hall–Kier alpha value is -3.31. The normalized spacial score (nSPS) is 21.7. The molecular formula is C26H32N4O4. The number of hydrogen-bond donors (Lipinski definition) is 2. The van der Waals surface area contributed by atoms with E-state index in [-0.39, 0.29) is 18.1 Å². The molecule has 2 aliphatic rings. The first-order valence-corrected chi connectivity index (χ1v) is 11.7. The van der Waals surface area contributed by atoms with Gasteiger partial charge in [0.1, 0.15) is 12.4 Å². The first kappa shape index (κ1) is 23.8. The van der Waals surface area contributed by atoms with Gasteiger partial charge in [-0.05, 0) is 59.3 Å². The van der Waals surface area contributed by atoms with Gasteiger partial charge in [-0.3, -0.25) is 9.59 Å². The highest BCUT2D eigenvalue weighted by molar-refractivity contribution is 6.03. The van der Waals surface area contributed by atoms with Crippen LogP contribution in [0, 0.1) is 17.8 Å². The maximum atomic E-state index is 12.2. The molecule has 180 valence electrons. The average Bonchev–Trinajstić information content (AvgIpc) is 3.15. The number of carbonyl (C=O) groups excluding carboxylic acids is 2. The highest BCUT2D eigenvalue weighted by atomic mass is 16.5. The third-order valence-corrected chi connectivity index (χ3v) is 6.34. The van der Waals surface area contributed by atoms with Gasteiger partial charge in [-0.15, -0.1) is 0 Å². The molecule has 1 aromatic carbocycles. The molecular weight excluding hydrogens is 432 g/mol. The van der Waals surface area contributed by atoms with Crippen molar-refractivity contribution in [3.05, 3.63) is 29.5 Å². The number of benzene rings is 1. The lowest BCUT2D eigenvalue weighted by atomic mass is 9.80. The van der Waals surface area contributed by atoms with Crippen LogP contribution >= 0.6 is 0 Å². The van der Waals surface area contributed by atoms with E-state index < -0.39 is 5.91 Å². The molecule has 34 heavy (non-hydrogen) atoms. The monoisotopic (exact) mass is 464 g/mol. The fraction of sp³-hybridized carbons (Fsp3) is 0.500. The number of nitrogens with one attached hydrogen (secondary N) is 1. The number of aromatic nitrogens is 1. The van der Waals surface area contributed by atoms with Crippen molar-refractivity contribution in [3.8, 4) is 23.5 Å². The highest BCUT2D eigenvalue weighted by Gasteiger charge is 2.29. The largest absolute Gasteiger partial charge is 0.490 e. The van der Waals surface area contributed by atoms with E-state index in [1.165, 1.54) is 0 Å². The summed E-state index contributed by atoms with van der Waals surface area (Å²) in [6, 6.07) is 3.98. The van der Waals surface area contributed by atoms with Crippen LogP contribution in [0.15, 0.2) is 18.3 Å². The van der Waals surface area contributed by atoms with Gasteiger partial charge in [0.05, 0.1) is 23.3 Å². The molecule has 1 aliphatic heterocycles. The molecule has 3 N–H and O–H groups in total. The van der Waals surface area contributed by atoms with Gasteiger partial charge in [-0.2, -0.15) is 0 Å². The third kappa shape index (κ3) is 5.26. The summed E-state index contributed by atoms with van der Waals surface area (Å²) in [7, 11) is 4.17. The zero-order chi connectivity index (χ0) is 24.4. The smallest absolute Gasteiger partial charge is 0.252 e. The standard InChI is InChI=1S/C26H32N4O4/c1-15(2)34-23-12-21-20(11-22(23)25(27)32)17(6-5-16-9-19(10-16)30(3)4)13-28-26(21)33-14-18-7-8-24(31)29-18/h11-13,15-16,18-19H,7-10,14H2,1-4H3,(H2,27,32)(H,29,31). The van der Waals surface area contributed by atoms with Crippen molar-refractivity contribution < 1.29 is 19.1 Å². The van der Waals surface area contributed by atoms with Crippen molar-refractivity contribution in [2.75, 3.05) is 20.7 Å². The second-order valence-corrected chi connectivity index (χ2v) is 9.57. The predicted octanol–water partition coefficient (Wildman–Crippen LogP) is 2.47. The Kier molecular flexibility index (Phi) is 6.94. The average molecular weight is 465 g/mol. The molecule has 1 atom stereocenters. The Bertz CT molecular complexity index is 1160. The molecule has 1 aliphatic carbocycles. The van der Waals surface area contributed by atoms with E-state index in [2.05, 4.69) is 41.1 Å². The lowest BCUT2D eigenvalue weighted by Gasteiger charge is -2.36. The minimum absolute atomic E-state index is 0.0308. The minimum atomic E-state index is -0.572. The Balaban J connectivity index is 1.70. The maximum Gasteiger partial charge on any atom is 0.252 e. The number of amides is 2. The van der Waals surface area contributed by atoms with Crippen LogP contribution in [0.5, 0.6) is 11.6 Å². The van der Waals surface area contributed by atoms with Gasteiger partial charge in [-0.25, -0.2) is 4.98 Å². The number of pyridine rings is 1. The third-order valence-electron chi connectivity index (χ3n) is 6.34. The topological polar surface area (TPSA) is 107 Å². The zero-order valence-corrected chi connectivity index (χ0v) is 20.2. The van der Waals surface area contributed by atoms with E-state index >= 15 is 0 Å². The first-order valence-electron chi connectivity index (χ1n) is 11.7. The molecule has 8 nitrogen and oxygen atoms in total. The summed E-state index contributed by atoms with van der Waals surface area (Å²) >= 11 is 0. The number of fused-ring (bicyclic) bond motifs is 1. The van der Waals surface area contributed by atoms with Crippen molar-refractivity contribution in [2.45, 2.75) is 57.7 Å². The van der Waals surface area contributed by atoms with E-state index in [1.54, 1.807) is 18.3 Å². The summed E-state index contributed by atoms with van der Waals surface area (Å²) in [6.07, 6.45) is 4.84. The Morgan fingerprint density at radius 2 is 2.06 bits per heavy atom. The lowest BCUT2D eigenvalue weighted by Crippen LogP contribution is -2.39. The van der Waals surface area contributed by atoms with Gasteiger partial charge in [-0.1, -0.05) is 11.8 Å². The molecule has 2 heterocycles. The SMILES string of the molecule is CC(C)Oc1cc2c(OCC3CCC(=O)N3)ncc(C#CC3CC(N(C)C)C3)c2cc1C(N)=O. The van der Waals surface area contributed by atoms with Gasteiger partial charge >= 0.3 is 0 Å². The quantitative estimate of drug-likeness (QED) is 0.610. The predicted molar refractivity (Wildman–Crippen MR) is 130 cm³/mol. The second kappa shape index (κ2) is 9.90. The van der Waals surface area contributed by atoms with Crippen molar-refractivity contribution in [1.29, 1.82) is 0 Å². The zero-order valence-electron chi connectivity index (χ0n) is 20.2. The van der Waals surface area contributed by atoms with E-state index in [1.807, 2.05) is 13.8 Å². The molecule has 1 unspecified atom stereocenters. The van der Waals surface area contributed by atoms with Crippen LogP contribution in [-0.4, -0.2) is 60.6 Å². The van der Waals surface area contributed by atoms with Crippen LogP contribution in [0.1, 0.15) is 55.5 Å². The van der Waals surface area contributed by atoms with Crippen molar-refractivity contribution in [2.24, 2.45) is 11.7 Å². The van der Waals surface area contributed by atoms with Crippen LogP contribution in [0.2, 0.25) is 0 Å². The summed E-state index contributed by atoms with van der Waals surface area (Å²) in [4.78, 5) is 30.5. The van der Waals surface area contributed by atoms with Crippen LogP contribution in [-0.2, 0) is 4.79 Å². The number of carbonyl (C=O) groups is 2. The number of nitrogens with zero attached hydrogens (tertiary/aromatic N) is 2. The van der Waals surface area contributed by atoms with Gasteiger partial charge in [0.15, 0.2) is 0 Å². The van der Waals surface area contributed by atoms with Gasteiger partial charge in [0, 0.05) is 35.3 Å². The van der Waals surface area contributed by atoms with E-state index in [4.69, 9.17) is 15.2 Å². The Morgan fingerprint density at radius 3 is 2.68 bits per heavy atom. The molecule has 2 fully saturated rings. The number of primary amides is 1. The van der Waals surface area contributed by atoms with Crippen LogP contribution < -0.4 is 20.5 Å². The van der Waals surface area contributed by atoms with Crippen molar-refractivity contribution in [3.63, 3.8) is 0 Å². The highest BCUT2D eigenvalue weighted by Crippen LogP contribution is 2.34. The summed E-state index contributed by atoms with van der Waals surface area (Å²) in [5.41, 5.74) is 6.68. The van der Waals surface area contributed by atoms with Crippen molar-refractivity contribution >= 4 is 22.6 Å². The molecule has 1 aromatic heterocycles. The minimum Gasteiger partial charge on any atom is -0.490 e. The van der Waals surface area contributed by atoms with Gasteiger partial charge in [0.2, 0.25) is 11.8 Å². The second-order valence-electron chi connectivity index (χ2n) is 9.57. The van der Waals surface area contributed by atoms with Gasteiger partial charge in [0.25, 0.3) is 5.91 Å². The summed E-state index contributed by atoms with van der Waals surface area (Å²) < 4.78 is 11.9. The number of hydrogen-bond acceptors (Lipinski definition) is 6. The summed E-state index contributed by atoms with van der Waals surface area (Å²) in [5, 5.41) is 4.33. The molecule has 4 rings (SSSR count). The Labute approximate surface area is 200 Å². The molecule has 2 aromatic rings. The van der Waals surface area contributed by atoms with E-state index in [0.29, 0.717) is 53.1 Å². The number of ether oxygens (including phenoxy) is 2. The molecule has 0 radical (unpaired) electrons. The fourth-order valence-electron chi connectivity index (χ4n) is 4.29. The summed E-state index contributed by atoms with van der Waals surface area (Å²) in [5.74, 6) is 7.21. The van der Waals surface area contributed by atoms with E-state index in [0.717, 1.165) is 24.6 Å². The van der Waals surface area contributed by atoms with Crippen molar-refractivity contribution in [1.82, 2.24) is 15.2 Å². The molecule has 1 saturated heterocycles.